The SMILES string of the molecule is CCCCc1ccc(CCc2ccc(-c3ccc(OC)cc3)cc2)cn1.CCCCc1ccc(CCc2ccc(-c3ccc(OCC)cc3)cc2)cn1. The van der Waals surface area contributed by atoms with E-state index in [-0.39, 0.29) is 0 Å². The van der Waals surface area contributed by atoms with Crippen LogP contribution in [-0.4, -0.2) is 23.7 Å². The summed E-state index contributed by atoms with van der Waals surface area (Å²) in [6.07, 6.45) is 15.3. The van der Waals surface area contributed by atoms with Crippen LogP contribution in [0.3, 0.4) is 0 Å². The number of benzene rings is 4. The van der Waals surface area contributed by atoms with Gasteiger partial charge in [0.1, 0.15) is 11.5 Å². The van der Waals surface area contributed by atoms with Gasteiger partial charge in [-0.25, -0.2) is 0 Å². The van der Waals surface area contributed by atoms with E-state index < -0.39 is 0 Å². The van der Waals surface area contributed by atoms with Crippen LogP contribution in [0.1, 0.15) is 80.1 Å². The average molecular weight is 705 g/mol. The quantitative estimate of drug-likeness (QED) is 0.0948. The van der Waals surface area contributed by atoms with E-state index in [0.29, 0.717) is 6.61 Å². The third-order valence-electron chi connectivity index (χ3n) is 9.58. The molecule has 0 saturated heterocycles. The highest BCUT2D eigenvalue weighted by Gasteiger charge is 2.04. The Morgan fingerprint density at radius 3 is 1.09 bits per heavy atom. The van der Waals surface area contributed by atoms with E-state index >= 15 is 0 Å². The highest BCUT2D eigenvalue weighted by molar-refractivity contribution is 5.65. The van der Waals surface area contributed by atoms with E-state index in [2.05, 4.69) is 121 Å². The summed E-state index contributed by atoms with van der Waals surface area (Å²) in [4.78, 5) is 9.18. The number of methoxy groups -OCH3 is 1. The second-order valence-electron chi connectivity index (χ2n) is 13.6. The first kappa shape index (κ1) is 39.0. The Morgan fingerprint density at radius 2 is 0.755 bits per heavy atom. The molecule has 0 aliphatic heterocycles. The van der Waals surface area contributed by atoms with Crippen LogP contribution in [0.25, 0.3) is 22.3 Å². The van der Waals surface area contributed by atoms with Crippen molar-refractivity contribution in [2.45, 2.75) is 85.0 Å². The van der Waals surface area contributed by atoms with Crippen LogP contribution in [0.4, 0.5) is 0 Å². The third-order valence-corrected chi connectivity index (χ3v) is 9.58. The Hall–Kier alpha value is -5.22. The lowest BCUT2D eigenvalue weighted by molar-refractivity contribution is 0.340. The Labute approximate surface area is 318 Å². The van der Waals surface area contributed by atoms with Gasteiger partial charge in [-0.05, 0) is 139 Å². The summed E-state index contributed by atoms with van der Waals surface area (Å²) < 4.78 is 10.7. The zero-order valence-electron chi connectivity index (χ0n) is 32.2. The number of unbranched alkanes of at least 4 members (excludes halogenated alkanes) is 2. The monoisotopic (exact) mass is 704 g/mol. The minimum absolute atomic E-state index is 0.699. The van der Waals surface area contributed by atoms with Crippen LogP contribution >= 0.6 is 0 Å². The summed E-state index contributed by atoms with van der Waals surface area (Å²) in [5, 5.41) is 0. The number of nitrogens with zero attached hydrogens (tertiary/aromatic N) is 2. The van der Waals surface area contributed by atoms with Crippen molar-refractivity contribution in [2.75, 3.05) is 13.7 Å². The van der Waals surface area contributed by atoms with Gasteiger partial charge >= 0.3 is 0 Å². The molecule has 4 heteroatoms. The largest absolute Gasteiger partial charge is 0.497 e. The van der Waals surface area contributed by atoms with Crippen molar-refractivity contribution in [2.24, 2.45) is 0 Å². The summed E-state index contributed by atoms with van der Waals surface area (Å²) in [6.45, 7) is 7.14. The van der Waals surface area contributed by atoms with Gasteiger partial charge in [-0.1, -0.05) is 112 Å². The van der Waals surface area contributed by atoms with Crippen molar-refractivity contribution in [1.82, 2.24) is 9.97 Å². The molecule has 0 N–H and O–H groups in total. The molecular formula is C49H56N2O2. The van der Waals surface area contributed by atoms with Crippen LogP contribution < -0.4 is 9.47 Å². The molecule has 0 amide bonds. The molecule has 0 spiro atoms. The maximum atomic E-state index is 5.51. The van der Waals surface area contributed by atoms with Crippen LogP contribution in [0.15, 0.2) is 134 Å². The predicted octanol–water partition coefficient (Wildman–Crippen LogP) is 12.2. The van der Waals surface area contributed by atoms with E-state index in [1.165, 1.54) is 81.6 Å². The fourth-order valence-corrected chi connectivity index (χ4v) is 6.22. The maximum Gasteiger partial charge on any atom is 0.119 e. The van der Waals surface area contributed by atoms with E-state index in [9.17, 15) is 0 Å². The Morgan fingerprint density at radius 1 is 0.396 bits per heavy atom. The van der Waals surface area contributed by atoms with Gasteiger partial charge in [0.05, 0.1) is 13.7 Å². The second-order valence-corrected chi connectivity index (χ2v) is 13.6. The minimum atomic E-state index is 0.699. The van der Waals surface area contributed by atoms with Gasteiger partial charge in [0.15, 0.2) is 0 Å². The molecule has 2 heterocycles. The Bertz CT molecular complexity index is 1880. The third kappa shape index (κ3) is 12.7. The maximum absolute atomic E-state index is 5.51. The molecule has 53 heavy (non-hydrogen) atoms. The molecule has 6 rings (SSSR count). The molecule has 0 aliphatic rings. The molecule has 4 nitrogen and oxygen atoms in total. The Kier molecular flexibility index (Phi) is 15.7. The Balaban J connectivity index is 0.000000204. The standard InChI is InChI=1S/C25H29NO.C24H27NO/c1-3-5-6-24-16-11-21(19-26-24)8-7-20-9-12-22(13-10-20)23-14-17-25(18-15-23)27-4-2;1-3-4-5-23-15-10-20(18-25-23)7-6-19-8-11-21(12-9-19)22-13-16-24(26-2)17-14-22/h9-19H,3-8H2,1-2H3;8-18H,3-7H2,1-2H3. The lowest BCUT2D eigenvalue weighted by Crippen LogP contribution is -1.95. The van der Waals surface area contributed by atoms with Gasteiger partial charge < -0.3 is 9.47 Å². The number of hydrogen-bond acceptors (Lipinski definition) is 4. The summed E-state index contributed by atoms with van der Waals surface area (Å²) >= 11 is 0. The number of ether oxygens (including phenoxy) is 2. The molecule has 4 aromatic carbocycles. The average Bonchev–Trinajstić information content (AvgIpc) is 3.22. The van der Waals surface area contributed by atoms with Crippen molar-refractivity contribution in [1.29, 1.82) is 0 Å². The summed E-state index contributed by atoms with van der Waals surface area (Å²) in [6, 6.07) is 43.0. The fourth-order valence-electron chi connectivity index (χ4n) is 6.22. The summed E-state index contributed by atoms with van der Waals surface area (Å²) in [5.74, 6) is 1.81. The van der Waals surface area contributed by atoms with E-state index in [0.717, 1.165) is 50.0 Å². The van der Waals surface area contributed by atoms with Gasteiger partial charge in [-0.15, -0.1) is 0 Å². The van der Waals surface area contributed by atoms with Crippen molar-refractivity contribution < 1.29 is 9.47 Å². The number of rotatable bonds is 17. The first-order valence-corrected chi connectivity index (χ1v) is 19.5. The predicted molar refractivity (Wildman–Crippen MR) is 222 cm³/mol. The van der Waals surface area contributed by atoms with Crippen LogP contribution in [-0.2, 0) is 38.5 Å². The zero-order chi connectivity index (χ0) is 37.1. The molecule has 0 saturated carbocycles. The lowest BCUT2D eigenvalue weighted by Gasteiger charge is -2.07. The highest BCUT2D eigenvalue weighted by atomic mass is 16.5. The molecule has 0 aliphatic carbocycles. The van der Waals surface area contributed by atoms with E-state index in [1.54, 1.807) is 7.11 Å². The van der Waals surface area contributed by atoms with Gasteiger partial charge in [0, 0.05) is 23.8 Å². The van der Waals surface area contributed by atoms with Gasteiger partial charge in [-0.3, -0.25) is 9.97 Å². The van der Waals surface area contributed by atoms with Crippen molar-refractivity contribution in [3.8, 4) is 33.8 Å². The van der Waals surface area contributed by atoms with Gasteiger partial charge in [0.25, 0.3) is 0 Å². The molecular weight excluding hydrogens is 649 g/mol. The summed E-state index contributed by atoms with van der Waals surface area (Å²) in [5.41, 5.74) is 12.7. The normalized spacial score (nSPS) is 10.7. The molecule has 0 atom stereocenters. The second kappa shape index (κ2) is 21.3. The summed E-state index contributed by atoms with van der Waals surface area (Å²) in [7, 11) is 1.69. The molecule has 6 aromatic rings. The molecule has 2 aromatic heterocycles. The number of pyridine rings is 2. The lowest BCUT2D eigenvalue weighted by atomic mass is 10.0. The van der Waals surface area contributed by atoms with Crippen molar-refractivity contribution in [3.63, 3.8) is 0 Å². The zero-order valence-corrected chi connectivity index (χ0v) is 32.2. The molecule has 0 bridgehead atoms. The number of hydrogen-bond donors (Lipinski definition) is 0. The van der Waals surface area contributed by atoms with Crippen molar-refractivity contribution >= 4 is 0 Å². The minimum Gasteiger partial charge on any atom is -0.497 e. The van der Waals surface area contributed by atoms with Crippen LogP contribution in [0.2, 0.25) is 0 Å². The fraction of sp³-hybridized carbons (Fsp3) is 0.306. The smallest absolute Gasteiger partial charge is 0.119 e. The first-order valence-electron chi connectivity index (χ1n) is 19.5. The van der Waals surface area contributed by atoms with Gasteiger partial charge in [-0.2, -0.15) is 0 Å². The topological polar surface area (TPSA) is 44.2 Å². The van der Waals surface area contributed by atoms with E-state index in [1.807, 2.05) is 43.6 Å². The molecule has 0 unspecified atom stereocenters. The van der Waals surface area contributed by atoms with Gasteiger partial charge in [0.2, 0.25) is 0 Å². The van der Waals surface area contributed by atoms with Crippen LogP contribution in [0, 0.1) is 0 Å². The van der Waals surface area contributed by atoms with Crippen molar-refractivity contribution in [3.05, 3.63) is 167 Å². The molecule has 0 radical (unpaired) electrons. The first-order chi connectivity index (χ1) is 26.1. The highest BCUT2D eigenvalue weighted by Crippen LogP contribution is 2.25. The van der Waals surface area contributed by atoms with E-state index in [4.69, 9.17) is 9.47 Å². The van der Waals surface area contributed by atoms with Crippen LogP contribution in [0.5, 0.6) is 11.5 Å². The molecule has 0 fully saturated rings. The molecule has 274 valence electrons. The number of aryl methyl sites for hydroxylation is 6. The number of aromatic nitrogens is 2.